The van der Waals surface area contributed by atoms with Gasteiger partial charge < -0.3 is 20.3 Å². The minimum Gasteiger partial charge on any atom is -0.370 e. The van der Waals surface area contributed by atoms with E-state index in [2.05, 4.69) is 32.5 Å². The van der Waals surface area contributed by atoms with E-state index in [0.29, 0.717) is 18.7 Å². The van der Waals surface area contributed by atoms with Crippen LogP contribution in [0.1, 0.15) is 47.9 Å². The number of ether oxygens (including phenoxy) is 1. The lowest BCUT2D eigenvalue weighted by atomic mass is 10.1. The largest absolute Gasteiger partial charge is 0.370 e. The Morgan fingerprint density at radius 2 is 2.10 bits per heavy atom. The molecule has 1 aromatic carbocycles. The summed E-state index contributed by atoms with van der Waals surface area (Å²) in [7, 11) is 3.70. The summed E-state index contributed by atoms with van der Waals surface area (Å²) < 4.78 is 7.71. The van der Waals surface area contributed by atoms with Crippen LogP contribution in [-0.2, 0) is 18.3 Å². The number of hydrogen-bond acceptors (Lipinski definition) is 4. The van der Waals surface area contributed by atoms with Gasteiger partial charge in [0.25, 0.3) is 5.91 Å². The number of amides is 1. The third-order valence-corrected chi connectivity index (χ3v) is 5.33. The number of nitrogens with zero attached hydrogens (tertiary/aromatic N) is 4. The quantitative estimate of drug-likeness (QED) is 0.335. The molecule has 1 aromatic heterocycles. The molecule has 170 valence electrons. The fourth-order valence-corrected chi connectivity index (χ4v) is 3.35. The minimum atomic E-state index is -0.0329. The summed E-state index contributed by atoms with van der Waals surface area (Å²) in [6.07, 6.45) is 4.73. The van der Waals surface area contributed by atoms with Crippen LogP contribution in [0.3, 0.4) is 0 Å². The van der Waals surface area contributed by atoms with Gasteiger partial charge in [-0.1, -0.05) is 19.1 Å². The van der Waals surface area contributed by atoms with E-state index >= 15 is 0 Å². The maximum atomic E-state index is 12.2. The van der Waals surface area contributed by atoms with E-state index in [-0.39, 0.29) is 42.0 Å². The fourth-order valence-electron chi connectivity index (χ4n) is 3.35. The highest BCUT2D eigenvalue weighted by Crippen LogP contribution is 2.21. The number of guanidine groups is 1. The van der Waals surface area contributed by atoms with Crippen LogP contribution in [-0.4, -0.2) is 59.3 Å². The summed E-state index contributed by atoms with van der Waals surface area (Å²) >= 11 is 0. The van der Waals surface area contributed by atoms with Crippen molar-refractivity contribution < 1.29 is 9.53 Å². The molecule has 2 aromatic rings. The molecule has 8 nitrogen and oxygen atoms in total. The molecule has 1 aliphatic rings. The van der Waals surface area contributed by atoms with Crippen molar-refractivity contribution in [2.24, 2.45) is 12.0 Å². The second-order valence-corrected chi connectivity index (χ2v) is 7.63. The van der Waals surface area contributed by atoms with Crippen LogP contribution >= 0.6 is 24.0 Å². The van der Waals surface area contributed by atoms with Gasteiger partial charge in [-0.2, -0.15) is 5.10 Å². The molecule has 0 spiro atoms. The van der Waals surface area contributed by atoms with Gasteiger partial charge in [-0.05, 0) is 31.0 Å². The van der Waals surface area contributed by atoms with Crippen LogP contribution in [0.2, 0.25) is 0 Å². The lowest BCUT2D eigenvalue weighted by molar-refractivity contribution is -0.00805. The zero-order valence-electron chi connectivity index (χ0n) is 18.7. The van der Waals surface area contributed by atoms with Crippen molar-refractivity contribution in [2.45, 2.75) is 39.0 Å². The number of halogens is 1. The molecule has 1 amide bonds. The maximum Gasteiger partial charge on any atom is 0.251 e. The van der Waals surface area contributed by atoms with Crippen molar-refractivity contribution >= 4 is 35.8 Å². The summed E-state index contributed by atoms with van der Waals surface area (Å²) in [5.41, 5.74) is 2.84. The van der Waals surface area contributed by atoms with Crippen molar-refractivity contribution in [3.8, 4) is 0 Å². The van der Waals surface area contributed by atoms with E-state index in [1.807, 2.05) is 50.6 Å². The van der Waals surface area contributed by atoms with E-state index in [1.165, 1.54) is 0 Å². The van der Waals surface area contributed by atoms with Crippen LogP contribution in [0.25, 0.3) is 0 Å². The Morgan fingerprint density at radius 1 is 1.35 bits per heavy atom. The number of aromatic nitrogens is 2. The van der Waals surface area contributed by atoms with Gasteiger partial charge in [-0.25, -0.2) is 0 Å². The second kappa shape index (κ2) is 12.0. The number of carbonyl (C=O) groups is 1. The number of aryl methyl sites for hydroxylation is 1. The van der Waals surface area contributed by atoms with Crippen molar-refractivity contribution in [3.05, 3.63) is 53.3 Å². The van der Waals surface area contributed by atoms with E-state index in [4.69, 9.17) is 4.74 Å². The highest BCUT2D eigenvalue weighted by molar-refractivity contribution is 14.0. The summed E-state index contributed by atoms with van der Waals surface area (Å²) in [6, 6.07) is 7.86. The number of benzene rings is 1. The molecule has 31 heavy (non-hydrogen) atoms. The standard InChI is InChI=1S/C22H32N6O2.HI/c1-5-16(2)26-21(29)18-8-6-17(7-9-18)12-24-22(23-3)28-10-11-30-20(15-28)19-13-25-27(4)14-19;/h6-9,13-14,16,20H,5,10-12,15H2,1-4H3,(H,23,24)(H,26,29);1H. The van der Waals surface area contributed by atoms with Gasteiger partial charge in [0, 0.05) is 50.6 Å². The number of hydrogen-bond donors (Lipinski definition) is 2. The molecule has 0 bridgehead atoms. The molecule has 0 radical (unpaired) electrons. The van der Waals surface area contributed by atoms with Gasteiger partial charge in [0.2, 0.25) is 0 Å². The van der Waals surface area contributed by atoms with E-state index in [0.717, 1.165) is 36.6 Å². The highest BCUT2D eigenvalue weighted by atomic mass is 127. The first kappa shape index (κ1) is 25.1. The number of nitrogens with one attached hydrogen (secondary N) is 2. The van der Waals surface area contributed by atoms with Crippen molar-refractivity contribution in [2.75, 3.05) is 26.7 Å². The van der Waals surface area contributed by atoms with Gasteiger partial charge >= 0.3 is 0 Å². The highest BCUT2D eigenvalue weighted by Gasteiger charge is 2.25. The first-order valence-corrected chi connectivity index (χ1v) is 10.5. The predicted octanol–water partition coefficient (Wildman–Crippen LogP) is 2.72. The number of carbonyl (C=O) groups excluding carboxylic acids is 1. The average Bonchev–Trinajstić information content (AvgIpc) is 3.21. The van der Waals surface area contributed by atoms with Gasteiger partial charge in [0.15, 0.2) is 5.96 Å². The summed E-state index contributed by atoms with van der Waals surface area (Å²) in [4.78, 5) is 18.9. The van der Waals surface area contributed by atoms with Crippen LogP contribution in [0, 0.1) is 0 Å². The average molecular weight is 540 g/mol. The lowest BCUT2D eigenvalue weighted by Crippen LogP contribution is -2.47. The van der Waals surface area contributed by atoms with E-state index in [1.54, 1.807) is 11.7 Å². The minimum absolute atomic E-state index is 0. The second-order valence-electron chi connectivity index (χ2n) is 7.63. The van der Waals surface area contributed by atoms with Crippen molar-refractivity contribution in [3.63, 3.8) is 0 Å². The van der Waals surface area contributed by atoms with Gasteiger partial charge in [-0.3, -0.25) is 14.5 Å². The Kier molecular flexibility index (Phi) is 9.76. The molecule has 1 saturated heterocycles. The monoisotopic (exact) mass is 540 g/mol. The lowest BCUT2D eigenvalue weighted by Gasteiger charge is -2.34. The van der Waals surface area contributed by atoms with E-state index < -0.39 is 0 Å². The Bertz CT molecular complexity index is 867. The number of morpholine rings is 1. The molecule has 2 atom stereocenters. The Balaban J connectivity index is 0.00000341. The smallest absolute Gasteiger partial charge is 0.251 e. The van der Waals surface area contributed by atoms with Gasteiger partial charge in [0.05, 0.1) is 19.3 Å². The normalized spacial score (nSPS) is 17.6. The molecule has 2 N–H and O–H groups in total. The Hall–Kier alpha value is -2.14. The zero-order valence-corrected chi connectivity index (χ0v) is 21.0. The summed E-state index contributed by atoms with van der Waals surface area (Å²) in [5.74, 6) is 0.806. The van der Waals surface area contributed by atoms with E-state index in [9.17, 15) is 4.79 Å². The topological polar surface area (TPSA) is 83.8 Å². The number of aliphatic imine (C=N–C) groups is 1. The van der Waals surface area contributed by atoms with Crippen LogP contribution in [0.15, 0.2) is 41.7 Å². The van der Waals surface area contributed by atoms with Crippen LogP contribution in [0.4, 0.5) is 0 Å². The fraction of sp³-hybridized carbons (Fsp3) is 0.500. The van der Waals surface area contributed by atoms with Gasteiger partial charge in [0.1, 0.15) is 6.10 Å². The molecule has 1 aliphatic heterocycles. The number of rotatable bonds is 6. The maximum absolute atomic E-state index is 12.2. The SMILES string of the molecule is CCC(C)NC(=O)c1ccc(CNC(=NC)N2CCOC(c3cnn(C)c3)C2)cc1.I. The Labute approximate surface area is 201 Å². The zero-order chi connectivity index (χ0) is 21.5. The summed E-state index contributed by atoms with van der Waals surface area (Å²) in [5, 5.41) is 10.7. The first-order valence-electron chi connectivity index (χ1n) is 10.5. The molecule has 2 unspecified atom stereocenters. The third-order valence-electron chi connectivity index (χ3n) is 5.33. The van der Waals surface area contributed by atoms with Crippen LogP contribution in [0.5, 0.6) is 0 Å². The Morgan fingerprint density at radius 3 is 2.71 bits per heavy atom. The first-order chi connectivity index (χ1) is 14.5. The predicted molar refractivity (Wildman–Crippen MR) is 133 cm³/mol. The molecule has 9 heteroatoms. The molecule has 0 aliphatic carbocycles. The molecular formula is C22H33IN6O2. The molecule has 2 heterocycles. The van der Waals surface area contributed by atoms with Gasteiger partial charge in [-0.15, -0.1) is 24.0 Å². The molecular weight excluding hydrogens is 507 g/mol. The summed E-state index contributed by atoms with van der Waals surface area (Å²) in [6.45, 7) is 6.84. The molecule has 0 saturated carbocycles. The van der Waals surface area contributed by atoms with Crippen molar-refractivity contribution in [1.29, 1.82) is 0 Å². The third kappa shape index (κ3) is 6.93. The van der Waals surface area contributed by atoms with Crippen molar-refractivity contribution in [1.82, 2.24) is 25.3 Å². The van der Waals surface area contributed by atoms with Crippen LogP contribution < -0.4 is 10.6 Å². The molecule has 3 rings (SSSR count). The molecule has 1 fully saturated rings.